The first-order valence-electron chi connectivity index (χ1n) is 13.5. The first-order valence-corrected chi connectivity index (χ1v) is 13.5. The van der Waals surface area contributed by atoms with Gasteiger partial charge in [0.1, 0.15) is 11.2 Å². The molecule has 1 aliphatic rings. The number of imidazole rings is 1. The molecule has 1 aliphatic heterocycles. The topological polar surface area (TPSA) is 91.6 Å². The molecule has 37 heavy (non-hydrogen) atoms. The molecule has 0 N–H and O–H groups in total. The van der Waals surface area contributed by atoms with Crippen molar-refractivity contribution in [3.63, 3.8) is 0 Å². The highest BCUT2D eigenvalue weighted by Crippen LogP contribution is 2.29. The highest BCUT2D eigenvalue weighted by Gasteiger charge is 2.20. The first-order chi connectivity index (χ1) is 18.1. The van der Waals surface area contributed by atoms with Gasteiger partial charge in [0, 0.05) is 37.7 Å². The number of morpholine rings is 1. The number of carbonyl (C=O) groups is 1. The van der Waals surface area contributed by atoms with Crippen molar-refractivity contribution < 1.29 is 19.0 Å². The molecule has 200 valence electrons. The third-order valence-corrected chi connectivity index (χ3v) is 6.48. The predicted octanol–water partition coefficient (Wildman–Crippen LogP) is 4.94. The van der Waals surface area contributed by atoms with E-state index < -0.39 is 0 Å². The maximum atomic E-state index is 11.4. The average molecular weight is 510 g/mol. The molecule has 0 radical (unpaired) electrons. The van der Waals surface area contributed by atoms with Crippen LogP contribution in [0.15, 0.2) is 30.6 Å². The van der Waals surface area contributed by atoms with Gasteiger partial charge in [0.25, 0.3) is 0 Å². The van der Waals surface area contributed by atoms with Gasteiger partial charge in [-0.05, 0) is 39.2 Å². The maximum absolute atomic E-state index is 11.4. The van der Waals surface area contributed by atoms with Gasteiger partial charge in [0.2, 0.25) is 5.95 Å². The number of unbranched alkanes of at least 4 members (excludes halogenated alkanes) is 3. The molecular formula is C28H39N5O4. The summed E-state index contributed by atoms with van der Waals surface area (Å²) < 4.78 is 18.5. The Labute approximate surface area is 219 Å². The fraction of sp³-hybridized carbons (Fsp3) is 0.571. The molecule has 0 spiro atoms. The highest BCUT2D eigenvalue weighted by molar-refractivity contribution is 5.88. The standard InChI is InChI=1S/C28H39N5O4/c1-4-37-24(34)9-7-5-6-8-16-36-19-22-10-12-23(13-11-22)25-26-27(33(20-29-26)21(2)3)31-28(30-25)32-14-17-35-18-15-32/h10-13,20-21H,4-9,14-19H2,1-3H3. The highest BCUT2D eigenvalue weighted by atomic mass is 16.5. The van der Waals surface area contributed by atoms with Gasteiger partial charge in [-0.1, -0.05) is 37.1 Å². The second-order valence-electron chi connectivity index (χ2n) is 9.61. The third kappa shape index (κ3) is 7.26. The largest absolute Gasteiger partial charge is 0.466 e. The molecule has 2 aromatic heterocycles. The first kappa shape index (κ1) is 27.0. The summed E-state index contributed by atoms with van der Waals surface area (Å²) in [5, 5.41) is 0. The molecule has 0 aliphatic carbocycles. The van der Waals surface area contributed by atoms with Crippen molar-refractivity contribution in [2.75, 3.05) is 44.4 Å². The number of ether oxygens (including phenoxy) is 3. The minimum absolute atomic E-state index is 0.101. The van der Waals surface area contributed by atoms with Crippen molar-refractivity contribution in [1.82, 2.24) is 19.5 Å². The lowest BCUT2D eigenvalue weighted by Gasteiger charge is -2.27. The molecule has 1 aromatic carbocycles. The molecule has 0 saturated carbocycles. The monoisotopic (exact) mass is 509 g/mol. The molecule has 0 amide bonds. The van der Waals surface area contributed by atoms with Gasteiger partial charge in [-0.3, -0.25) is 4.79 Å². The number of esters is 1. The smallest absolute Gasteiger partial charge is 0.305 e. The van der Waals surface area contributed by atoms with Crippen LogP contribution in [-0.2, 0) is 25.6 Å². The van der Waals surface area contributed by atoms with Crippen LogP contribution in [-0.4, -0.2) is 65.0 Å². The SMILES string of the molecule is CCOC(=O)CCCCCCOCc1ccc(-c2nc(N3CCOCC3)nc3c2ncn3C(C)C)cc1. The van der Waals surface area contributed by atoms with Crippen LogP contribution in [0.1, 0.15) is 64.5 Å². The summed E-state index contributed by atoms with van der Waals surface area (Å²) in [5.41, 5.74) is 4.66. The van der Waals surface area contributed by atoms with Crippen molar-refractivity contribution in [2.45, 2.75) is 65.5 Å². The summed E-state index contributed by atoms with van der Waals surface area (Å²) in [6.07, 6.45) is 6.29. The van der Waals surface area contributed by atoms with Gasteiger partial charge >= 0.3 is 5.97 Å². The van der Waals surface area contributed by atoms with Crippen LogP contribution < -0.4 is 4.90 Å². The van der Waals surface area contributed by atoms with E-state index in [0.717, 1.165) is 72.7 Å². The predicted molar refractivity (Wildman–Crippen MR) is 144 cm³/mol. The number of hydrogen-bond acceptors (Lipinski definition) is 8. The molecule has 0 bridgehead atoms. The van der Waals surface area contributed by atoms with E-state index in [2.05, 4.69) is 52.6 Å². The molecule has 4 rings (SSSR count). The number of rotatable bonds is 13. The van der Waals surface area contributed by atoms with Crippen molar-refractivity contribution in [3.8, 4) is 11.3 Å². The Morgan fingerprint density at radius 1 is 1.05 bits per heavy atom. The summed E-state index contributed by atoms with van der Waals surface area (Å²) in [4.78, 5) is 28.1. The van der Waals surface area contributed by atoms with Crippen LogP contribution >= 0.6 is 0 Å². The van der Waals surface area contributed by atoms with Gasteiger partial charge in [0.15, 0.2) is 5.65 Å². The summed E-state index contributed by atoms with van der Waals surface area (Å²) in [6, 6.07) is 8.62. The Balaban J connectivity index is 1.36. The normalized spacial score (nSPS) is 14.0. The minimum Gasteiger partial charge on any atom is -0.466 e. The summed E-state index contributed by atoms with van der Waals surface area (Å²) in [7, 11) is 0. The van der Waals surface area contributed by atoms with E-state index in [-0.39, 0.29) is 12.0 Å². The van der Waals surface area contributed by atoms with Gasteiger partial charge in [0.05, 0.1) is 32.8 Å². The summed E-state index contributed by atoms with van der Waals surface area (Å²) in [5.74, 6) is 0.623. The van der Waals surface area contributed by atoms with Crippen molar-refractivity contribution >= 4 is 23.1 Å². The van der Waals surface area contributed by atoms with Crippen LogP contribution in [0.25, 0.3) is 22.4 Å². The second kappa shape index (κ2) is 13.5. The molecule has 9 nitrogen and oxygen atoms in total. The van der Waals surface area contributed by atoms with Gasteiger partial charge in [-0.2, -0.15) is 4.98 Å². The van der Waals surface area contributed by atoms with Crippen molar-refractivity contribution in [1.29, 1.82) is 0 Å². The van der Waals surface area contributed by atoms with Crippen LogP contribution in [0, 0.1) is 0 Å². The number of carbonyl (C=O) groups excluding carboxylic acids is 1. The number of fused-ring (bicyclic) bond motifs is 1. The van der Waals surface area contributed by atoms with Gasteiger partial charge < -0.3 is 23.7 Å². The molecule has 0 atom stereocenters. The number of nitrogens with zero attached hydrogens (tertiary/aromatic N) is 5. The lowest BCUT2D eigenvalue weighted by Crippen LogP contribution is -2.37. The Morgan fingerprint density at radius 2 is 1.81 bits per heavy atom. The Kier molecular flexibility index (Phi) is 9.85. The molecule has 1 saturated heterocycles. The van der Waals surface area contributed by atoms with E-state index in [0.29, 0.717) is 39.5 Å². The molecular weight excluding hydrogens is 470 g/mol. The van der Waals surface area contributed by atoms with E-state index in [9.17, 15) is 4.79 Å². The maximum Gasteiger partial charge on any atom is 0.305 e. The number of anilines is 1. The van der Waals surface area contributed by atoms with Gasteiger partial charge in [-0.15, -0.1) is 0 Å². The molecule has 9 heteroatoms. The van der Waals surface area contributed by atoms with Gasteiger partial charge in [-0.25, -0.2) is 9.97 Å². The number of benzene rings is 1. The lowest BCUT2D eigenvalue weighted by atomic mass is 10.1. The summed E-state index contributed by atoms with van der Waals surface area (Å²) in [6.45, 7) is 10.8. The van der Waals surface area contributed by atoms with Crippen LogP contribution in [0.4, 0.5) is 5.95 Å². The number of hydrogen-bond donors (Lipinski definition) is 0. The van der Waals surface area contributed by atoms with E-state index in [1.807, 2.05) is 13.3 Å². The van der Waals surface area contributed by atoms with Crippen LogP contribution in [0.2, 0.25) is 0 Å². The zero-order valence-electron chi connectivity index (χ0n) is 22.3. The lowest BCUT2D eigenvalue weighted by molar-refractivity contribution is -0.143. The molecule has 0 unspecified atom stereocenters. The third-order valence-electron chi connectivity index (χ3n) is 6.48. The van der Waals surface area contributed by atoms with E-state index in [4.69, 9.17) is 24.2 Å². The Hall–Kier alpha value is -3.04. The fourth-order valence-electron chi connectivity index (χ4n) is 4.40. The van der Waals surface area contributed by atoms with Crippen LogP contribution in [0.3, 0.4) is 0 Å². The molecule has 3 aromatic rings. The number of aromatic nitrogens is 4. The van der Waals surface area contributed by atoms with E-state index >= 15 is 0 Å². The Bertz CT molecular complexity index is 1140. The minimum atomic E-state index is -0.101. The molecule has 3 heterocycles. The summed E-state index contributed by atoms with van der Waals surface area (Å²) >= 11 is 0. The zero-order valence-corrected chi connectivity index (χ0v) is 22.3. The second-order valence-corrected chi connectivity index (χ2v) is 9.61. The Morgan fingerprint density at radius 3 is 2.54 bits per heavy atom. The quantitative estimate of drug-likeness (QED) is 0.236. The van der Waals surface area contributed by atoms with Crippen LogP contribution in [0.5, 0.6) is 0 Å². The van der Waals surface area contributed by atoms with E-state index in [1.54, 1.807) is 0 Å². The van der Waals surface area contributed by atoms with Crippen molar-refractivity contribution in [2.24, 2.45) is 0 Å². The zero-order chi connectivity index (χ0) is 26.0. The van der Waals surface area contributed by atoms with Crippen molar-refractivity contribution in [3.05, 3.63) is 36.2 Å². The fourth-order valence-corrected chi connectivity index (χ4v) is 4.40. The average Bonchev–Trinajstić information content (AvgIpc) is 3.35. The molecule has 1 fully saturated rings. The van der Waals surface area contributed by atoms with E-state index in [1.165, 1.54) is 0 Å².